The van der Waals surface area contributed by atoms with Gasteiger partial charge in [0.05, 0.1) is 5.69 Å². The Kier molecular flexibility index (Phi) is 3.82. The monoisotopic (exact) mass is 295 g/mol. The first-order valence-electron chi connectivity index (χ1n) is 7.46. The van der Waals surface area contributed by atoms with Crippen LogP contribution in [0.25, 0.3) is 0 Å². The van der Waals surface area contributed by atoms with Gasteiger partial charge in [0.2, 0.25) is 0 Å². The Morgan fingerprint density at radius 3 is 2.45 bits per heavy atom. The molecule has 2 aliphatic rings. The van der Waals surface area contributed by atoms with Gasteiger partial charge < -0.3 is 9.84 Å². The Hall–Kier alpha value is -0.940. The largest absolute Gasteiger partial charge is 0.477 e. The second-order valence-corrected chi connectivity index (χ2v) is 6.92. The molecule has 0 spiro atoms. The van der Waals surface area contributed by atoms with Crippen LogP contribution in [-0.2, 0) is 10.3 Å². The van der Waals surface area contributed by atoms with E-state index in [2.05, 4.69) is 0 Å². The van der Waals surface area contributed by atoms with Crippen molar-refractivity contribution in [1.82, 2.24) is 4.98 Å². The lowest BCUT2D eigenvalue weighted by Crippen LogP contribution is -2.27. The number of nitrogens with zero attached hydrogens (tertiary/aromatic N) is 1. The van der Waals surface area contributed by atoms with Crippen LogP contribution in [0, 0.1) is 0 Å². The van der Waals surface area contributed by atoms with Crippen LogP contribution in [0.5, 0.6) is 0 Å². The number of carbonyl (C=O) groups is 1. The molecular formula is C15H21NO3S. The Bertz CT molecular complexity index is 499. The molecular weight excluding hydrogens is 274 g/mol. The van der Waals surface area contributed by atoms with E-state index in [4.69, 9.17) is 9.72 Å². The summed E-state index contributed by atoms with van der Waals surface area (Å²) < 4.78 is 5.85. The van der Waals surface area contributed by atoms with Gasteiger partial charge in [0.25, 0.3) is 0 Å². The van der Waals surface area contributed by atoms with Gasteiger partial charge in [-0.2, -0.15) is 0 Å². The highest BCUT2D eigenvalue weighted by atomic mass is 32.1. The zero-order chi connectivity index (χ0) is 14.2. The molecule has 1 N–H and O–H groups in total. The number of rotatable bonds is 4. The van der Waals surface area contributed by atoms with E-state index >= 15 is 0 Å². The highest BCUT2D eigenvalue weighted by molar-refractivity contribution is 7.13. The lowest BCUT2D eigenvalue weighted by molar-refractivity contribution is -0.0280. The number of ether oxygens (including phenoxy) is 1. The Morgan fingerprint density at radius 1 is 1.30 bits per heavy atom. The van der Waals surface area contributed by atoms with E-state index in [1.807, 2.05) is 0 Å². The normalized spacial score (nSPS) is 22.4. The molecule has 1 heterocycles. The van der Waals surface area contributed by atoms with E-state index < -0.39 is 5.97 Å². The zero-order valence-corrected chi connectivity index (χ0v) is 12.7. The maximum atomic E-state index is 11.4. The molecule has 0 bridgehead atoms. The summed E-state index contributed by atoms with van der Waals surface area (Å²) in [6.07, 6.45) is 8.80. The van der Waals surface area contributed by atoms with E-state index in [1.165, 1.54) is 24.2 Å². The summed E-state index contributed by atoms with van der Waals surface area (Å²) in [6, 6.07) is 0. The van der Waals surface area contributed by atoms with Gasteiger partial charge in [0.15, 0.2) is 0 Å². The van der Waals surface area contributed by atoms with E-state index in [0.29, 0.717) is 10.8 Å². The van der Waals surface area contributed by atoms with Crippen molar-refractivity contribution in [2.24, 2.45) is 0 Å². The predicted molar refractivity (Wildman–Crippen MR) is 77.4 cm³/mol. The van der Waals surface area contributed by atoms with Gasteiger partial charge in [0.1, 0.15) is 15.5 Å². The van der Waals surface area contributed by atoms with Crippen molar-refractivity contribution in [2.45, 2.75) is 62.9 Å². The fraction of sp³-hybridized carbons (Fsp3) is 0.733. The molecule has 2 fully saturated rings. The zero-order valence-electron chi connectivity index (χ0n) is 11.9. The molecule has 20 heavy (non-hydrogen) atoms. The van der Waals surface area contributed by atoms with E-state index in [-0.39, 0.29) is 5.60 Å². The highest BCUT2D eigenvalue weighted by Gasteiger charge is 2.40. The average molecular weight is 295 g/mol. The van der Waals surface area contributed by atoms with Gasteiger partial charge in [-0.3, -0.25) is 0 Å². The maximum absolute atomic E-state index is 11.4. The molecule has 110 valence electrons. The number of hydrogen-bond donors (Lipinski definition) is 1. The van der Waals surface area contributed by atoms with E-state index in [0.717, 1.165) is 49.2 Å². The number of hydrogen-bond acceptors (Lipinski definition) is 4. The molecule has 4 nitrogen and oxygen atoms in total. The topological polar surface area (TPSA) is 59.4 Å². The summed E-state index contributed by atoms with van der Waals surface area (Å²) in [7, 11) is 1.74. The summed E-state index contributed by atoms with van der Waals surface area (Å²) in [5, 5.41) is 10.3. The van der Waals surface area contributed by atoms with Gasteiger partial charge in [0, 0.05) is 13.0 Å². The number of carboxylic acid groups (broad SMARTS) is 1. The highest BCUT2D eigenvalue weighted by Crippen LogP contribution is 2.47. The number of aromatic nitrogens is 1. The molecule has 3 rings (SSSR count). The van der Waals surface area contributed by atoms with Crippen LogP contribution < -0.4 is 0 Å². The van der Waals surface area contributed by atoms with Crippen LogP contribution in [0.4, 0.5) is 0 Å². The molecule has 0 unspecified atom stereocenters. The summed E-state index contributed by atoms with van der Waals surface area (Å²) in [5.41, 5.74) is 0.455. The maximum Gasteiger partial charge on any atom is 0.347 e. The molecule has 0 saturated heterocycles. The van der Waals surface area contributed by atoms with Crippen molar-refractivity contribution in [2.75, 3.05) is 7.11 Å². The predicted octanol–water partition coefficient (Wildman–Crippen LogP) is 3.91. The van der Waals surface area contributed by atoms with Gasteiger partial charge in [-0.1, -0.05) is 25.7 Å². The Morgan fingerprint density at radius 2 is 1.95 bits per heavy atom. The third-order valence-electron chi connectivity index (χ3n) is 4.50. The van der Waals surface area contributed by atoms with Crippen LogP contribution >= 0.6 is 11.3 Å². The lowest BCUT2D eigenvalue weighted by atomic mass is 9.95. The number of aromatic carboxylic acids is 1. The van der Waals surface area contributed by atoms with Crippen LogP contribution in [0.1, 0.15) is 77.7 Å². The molecule has 0 amide bonds. The fourth-order valence-electron chi connectivity index (χ4n) is 3.12. The molecule has 1 aromatic rings. The molecule has 2 saturated carbocycles. The minimum Gasteiger partial charge on any atom is -0.477 e. The van der Waals surface area contributed by atoms with Gasteiger partial charge in [-0.25, -0.2) is 9.78 Å². The number of methoxy groups -OCH3 is 1. The summed E-state index contributed by atoms with van der Waals surface area (Å²) in [5.74, 6) is -0.471. The first-order chi connectivity index (χ1) is 9.66. The van der Waals surface area contributed by atoms with Crippen molar-refractivity contribution >= 4 is 17.3 Å². The smallest absolute Gasteiger partial charge is 0.347 e. The molecule has 0 atom stereocenters. The van der Waals surface area contributed by atoms with Crippen LogP contribution in [0.15, 0.2) is 0 Å². The minimum absolute atomic E-state index is 0.349. The fourth-order valence-corrected chi connectivity index (χ4v) is 4.33. The average Bonchev–Trinajstić information content (AvgIpc) is 3.23. The Labute approximate surface area is 123 Å². The van der Waals surface area contributed by atoms with E-state index in [1.54, 1.807) is 7.11 Å². The van der Waals surface area contributed by atoms with Gasteiger partial charge in [-0.05, 0) is 25.7 Å². The van der Waals surface area contributed by atoms with Crippen LogP contribution in [-0.4, -0.2) is 23.2 Å². The summed E-state index contributed by atoms with van der Waals surface area (Å²) >= 11 is 1.34. The molecule has 0 radical (unpaired) electrons. The third-order valence-corrected chi connectivity index (χ3v) is 5.75. The van der Waals surface area contributed by atoms with Crippen molar-refractivity contribution in [3.05, 3.63) is 15.6 Å². The van der Waals surface area contributed by atoms with Crippen molar-refractivity contribution in [1.29, 1.82) is 0 Å². The first kappa shape index (κ1) is 14.0. The molecule has 2 aliphatic carbocycles. The summed E-state index contributed by atoms with van der Waals surface area (Å²) in [6.45, 7) is 0. The SMILES string of the molecule is COC1(c2nc(C3CC3)c(C(=O)O)s2)CCCCCC1. The third kappa shape index (κ3) is 2.49. The first-order valence-corrected chi connectivity index (χ1v) is 8.27. The number of carboxylic acids is 1. The second-order valence-electron chi connectivity index (χ2n) is 5.93. The lowest BCUT2D eigenvalue weighted by Gasteiger charge is -2.29. The Balaban J connectivity index is 1.98. The van der Waals surface area contributed by atoms with Crippen LogP contribution in [0.2, 0.25) is 0 Å². The summed E-state index contributed by atoms with van der Waals surface area (Å²) in [4.78, 5) is 16.6. The van der Waals surface area contributed by atoms with Gasteiger partial charge in [-0.15, -0.1) is 11.3 Å². The van der Waals surface area contributed by atoms with Crippen molar-refractivity contribution < 1.29 is 14.6 Å². The van der Waals surface area contributed by atoms with Crippen molar-refractivity contribution in [3.63, 3.8) is 0 Å². The number of thiazole rings is 1. The standard InChI is InChI=1S/C15H21NO3S/c1-19-15(8-4-2-3-5-9-15)14-16-11(10-6-7-10)12(20-14)13(17)18/h10H,2-9H2,1H3,(H,17,18). The minimum atomic E-state index is -0.837. The molecule has 5 heteroatoms. The second kappa shape index (κ2) is 5.45. The molecule has 1 aromatic heterocycles. The molecule has 0 aromatic carbocycles. The molecule has 0 aliphatic heterocycles. The van der Waals surface area contributed by atoms with E-state index in [9.17, 15) is 9.90 Å². The van der Waals surface area contributed by atoms with Crippen molar-refractivity contribution in [3.8, 4) is 0 Å². The van der Waals surface area contributed by atoms with Crippen LogP contribution in [0.3, 0.4) is 0 Å². The van der Waals surface area contributed by atoms with Gasteiger partial charge >= 0.3 is 5.97 Å². The quantitative estimate of drug-likeness (QED) is 0.855.